The van der Waals surface area contributed by atoms with Crippen molar-refractivity contribution in [2.45, 2.75) is 52.7 Å². The molecule has 0 bridgehead atoms. The summed E-state index contributed by atoms with van der Waals surface area (Å²) in [5.41, 5.74) is 5.44. The van der Waals surface area contributed by atoms with Crippen LogP contribution in [0, 0.1) is 17.9 Å². The Kier molecular flexibility index (Phi) is 6.03. The normalized spacial score (nSPS) is 12.8. The number of nitrogens with zero attached hydrogens (tertiary/aromatic N) is 3. The average molecular weight is 463 g/mol. The van der Waals surface area contributed by atoms with Crippen molar-refractivity contribution in [2.24, 2.45) is 0 Å². The van der Waals surface area contributed by atoms with E-state index in [1.807, 2.05) is 72.9 Å². The molecule has 35 heavy (non-hydrogen) atoms. The minimum atomic E-state index is -0.321. The van der Waals surface area contributed by atoms with Gasteiger partial charge in [0, 0.05) is 36.1 Å². The Morgan fingerprint density at radius 2 is 1.34 bits per heavy atom. The lowest BCUT2D eigenvalue weighted by Crippen LogP contribution is -2.57. The predicted molar refractivity (Wildman–Crippen MR) is 144 cm³/mol. The van der Waals surface area contributed by atoms with Gasteiger partial charge in [-0.05, 0) is 70.7 Å². The van der Waals surface area contributed by atoms with Gasteiger partial charge in [0.25, 0.3) is 0 Å². The molecular formula is C29H30BN3O2. The number of anilines is 2. The van der Waals surface area contributed by atoms with Crippen molar-refractivity contribution in [3.05, 3.63) is 71.6 Å². The van der Waals surface area contributed by atoms with E-state index < -0.39 is 0 Å². The summed E-state index contributed by atoms with van der Waals surface area (Å²) in [6, 6.07) is 19.9. The standard InChI is InChI=1S/C29H30BN3O2/c1-28(2,3)34-22-9-11-24-26(16-22)33(8)27-17-23(35-29(4,5)6)10-12-25(27)30(24)20-13-19(18-31)14-21(15-20)32-7/h9-17H,1-6,8H3. The monoisotopic (exact) mass is 463 g/mol. The Balaban J connectivity index is 1.94. The first kappa shape index (κ1) is 24.2. The molecule has 176 valence electrons. The highest BCUT2D eigenvalue weighted by Crippen LogP contribution is 2.33. The molecule has 1 heterocycles. The number of hydrogen-bond donors (Lipinski definition) is 0. The first-order valence-corrected chi connectivity index (χ1v) is 11.7. The third-order valence-electron chi connectivity index (χ3n) is 5.73. The van der Waals surface area contributed by atoms with E-state index in [4.69, 9.17) is 16.0 Å². The number of ether oxygens (including phenoxy) is 2. The van der Waals surface area contributed by atoms with E-state index in [0.29, 0.717) is 11.3 Å². The van der Waals surface area contributed by atoms with Gasteiger partial charge in [0.05, 0.1) is 12.6 Å². The Morgan fingerprint density at radius 1 is 0.829 bits per heavy atom. The third-order valence-corrected chi connectivity index (χ3v) is 5.73. The van der Waals surface area contributed by atoms with Gasteiger partial charge in [-0.1, -0.05) is 29.7 Å². The SMILES string of the molecule is [C-]#[N+]c1cc(C#N)cc(B2c3ccc(OC(C)(C)C)cc3N(C)c3cc(OC(C)(C)C)ccc32)c1. The third kappa shape index (κ3) is 5.13. The van der Waals surface area contributed by atoms with Crippen molar-refractivity contribution >= 4 is 40.2 Å². The maximum absolute atomic E-state index is 9.61. The fraction of sp³-hybridized carbons (Fsp3) is 0.310. The second-order valence-electron chi connectivity index (χ2n) is 10.9. The van der Waals surface area contributed by atoms with E-state index >= 15 is 0 Å². The first-order valence-electron chi connectivity index (χ1n) is 11.7. The van der Waals surface area contributed by atoms with Gasteiger partial charge in [0.15, 0.2) is 5.69 Å². The van der Waals surface area contributed by atoms with Crippen LogP contribution in [0.25, 0.3) is 4.85 Å². The van der Waals surface area contributed by atoms with Gasteiger partial charge in [-0.15, -0.1) is 0 Å². The molecule has 0 N–H and O–H groups in total. The van der Waals surface area contributed by atoms with E-state index in [1.165, 1.54) is 0 Å². The van der Waals surface area contributed by atoms with E-state index in [-0.39, 0.29) is 17.9 Å². The average Bonchev–Trinajstić information content (AvgIpc) is 2.77. The molecule has 0 saturated carbocycles. The molecule has 0 radical (unpaired) electrons. The van der Waals surface area contributed by atoms with Crippen molar-refractivity contribution in [2.75, 3.05) is 11.9 Å². The summed E-state index contributed by atoms with van der Waals surface area (Å²) < 4.78 is 12.3. The Hall–Kier alpha value is -3.90. The fourth-order valence-electron chi connectivity index (χ4n) is 4.54. The van der Waals surface area contributed by atoms with Gasteiger partial charge in [0.2, 0.25) is 6.71 Å². The molecule has 3 aromatic carbocycles. The molecule has 0 fully saturated rings. The van der Waals surface area contributed by atoms with Crippen LogP contribution in [-0.4, -0.2) is 25.0 Å². The molecule has 0 amide bonds. The van der Waals surface area contributed by atoms with Crippen LogP contribution in [0.3, 0.4) is 0 Å². The molecule has 0 unspecified atom stereocenters. The van der Waals surface area contributed by atoms with Crippen LogP contribution in [0.5, 0.6) is 11.5 Å². The molecule has 0 spiro atoms. The highest BCUT2D eigenvalue weighted by molar-refractivity contribution is 6.98. The molecule has 0 aliphatic carbocycles. The fourth-order valence-corrected chi connectivity index (χ4v) is 4.54. The van der Waals surface area contributed by atoms with E-state index in [0.717, 1.165) is 39.3 Å². The number of rotatable bonds is 3. The summed E-state index contributed by atoms with van der Waals surface area (Å²) in [5, 5.41) is 9.61. The summed E-state index contributed by atoms with van der Waals surface area (Å²) in [7, 11) is 2.05. The van der Waals surface area contributed by atoms with Crippen LogP contribution >= 0.6 is 0 Å². The Morgan fingerprint density at radius 3 is 1.77 bits per heavy atom. The number of benzene rings is 3. The smallest absolute Gasteiger partial charge is 0.245 e. The van der Waals surface area contributed by atoms with Crippen molar-refractivity contribution < 1.29 is 9.47 Å². The number of nitriles is 1. The number of fused-ring (bicyclic) bond motifs is 2. The van der Waals surface area contributed by atoms with Crippen LogP contribution in [-0.2, 0) is 0 Å². The zero-order chi connectivity index (χ0) is 25.5. The molecular weight excluding hydrogens is 433 g/mol. The van der Waals surface area contributed by atoms with Gasteiger partial charge < -0.3 is 14.4 Å². The van der Waals surface area contributed by atoms with Gasteiger partial charge >= 0.3 is 0 Å². The molecule has 0 atom stereocenters. The van der Waals surface area contributed by atoms with Gasteiger partial charge in [-0.2, -0.15) is 5.26 Å². The quantitative estimate of drug-likeness (QED) is 0.403. The first-order chi connectivity index (χ1) is 16.4. The molecule has 3 aromatic rings. The summed E-state index contributed by atoms with van der Waals surface area (Å²) in [5.74, 6) is 1.58. The van der Waals surface area contributed by atoms with Gasteiger partial charge in [-0.25, -0.2) is 4.85 Å². The summed E-state index contributed by atoms with van der Waals surface area (Å²) in [4.78, 5) is 5.78. The number of hydrogen-bond acceptors (Lipinski definition) is 4. The maximum Gasteiger partial charge on any atom is 0.245 e. The van der Waals surface area contributed by atoms with Crippen molar-refractivity contribution in [3.8, 4) is 17.6 Å². The second kappa shape index (κ2) is 8.71. The molecule has 6 heteroatoms. The van der Waals surface area contributed by atoms with Crippen LogP contribution in [0.15, 0.2) is 54.6 Å². The second-order valence-corrected chi connectivity index (χ2v) is 10.9. The highest BCUT2D eigenvalue weighted by atomic mass is 16.5. The topological polar surface area (TPSA) is 49.8 Å². The summed E-state index contributed by atoms with van der Waals surface area (Å²) >= 11 is 0. The van der Waals surface area contributed by atoms with E-state index in [1.54, 1.807) is 6.07 Å². The zero-order valence-corrected chi connectivity index (χ0v) is 21.4. The molecule has 1 aliphatic rings. The van der Waals surface area contributed by atoms with Gasteiger partial charge in [0.1, 0.15) is 22.7 Å². The van der Waals surface area contributed by atoms with E-state index in [9.17, 15) is 5.26 Å². The summed E-state index contributed by atoms with van der Waals surface area (Å²) in [6.45, 7) is 19.6. The van der Waals surface area contributed by atoms with Crippen LogP contribution in [0.4, 0.5) is 17.1 Å². The minimum absolute atomic E-state index is 0.141. The summed E-state index contributed by atoms with van der Waals surface area (Å²) in [6.07, 6.45) is 0. The molecule has 0 saturated heterocycles. The van der Waals surface area contributed by atoms with Crippen LogP contribution < -0.4 is 30.8 Å². The van der Waals surface area contributed by atoms with E-state index in [2.05, 4.69) is 40.1 Å². The van der Waals surface area contributed by atoms with Crippen molar-refractivity contribution in [1.82, 2.24) is 0 Å². The largest absolute Gasteiger partial charge is 0.488 e. The maximum atomic E-state index is 9.61. The molecule has 1 aliphatic heterocycles. The zero-order valence-electron chi connectivity index (χ0n) is 21.4. The molecule has 4 rings (SSSR count). The van der Waals surface area contributed by atoms with Crippen molar-refractivity contribution in [1.29, 1.82) is 5.26 Å². The minimum Gasteiger partial charge on any atom is -0.488 e. The Bertz CT molecular complexity index is 1270. The molecule has 5 nitrogen and oxygen atoms in total. The predicted octanol–water partition coefficient (Wildman–Crippen LogP) is 5.06. The van der Waals surface area contributed by atoms with Crippen LogP contribution in [0.1, 0.15) is 47.1 Å². The molecule has 0 aromatic heterocycles. The lowest BCUT2D eigenvalue weighted by Gasteiger charge is -2.36. The van der Waals surface area contributed by atoms with Crippen molar-refractivity contribution in [3.63, 3.8) is 0 Å². The lowest BCUT2D eigenvalue weighted by molar-refractivity contribution is 0.130. The Labute approximate surface area is 208 Å². The highest BCUT2D eigenvalue weighted by Gasteiger charge is 2.34. The lowest BCUT2D eigenvalue weighted by atomic mass is 9.35. The van der Waals surface area contributed by atoms with Crippen LogP contribution in [0.2, 0.25) is 0 Å². The van der Waals surface area contributed by atoms with Gasteiger partial charge in [-0.3, -0.25) is 0 Å².